The van der Waals surface area contributed by atoms with Crippen molar-refractivity contribution in [2.45, 2.75) is 31.9 Å². The van der Waals surface area contributed by atoms with Gasteiger partial charge in [0.1, 0.15) is 6.42 Å². The first-order chi connectivity index (χ1) is 12.8. The number of fused-ring (bicyclic) bond motifs is 1. The number of alkyl halides is 3. The highest BCUT2D eigenvalue weighted by Crippen LogP contribution is 2.27. The molecule has 27 heavy (non-hydrogen) atoms. The molecule has 0 radical (unpaired) electrons. The molecule has 0 bridgehead atoms. The van der Waals surface area contributed by atoms with E-state index in [-0.39, 0.29) is 18.0 Å². The van der Waals surface area contributed by atoms with E-state index in [0.717, 1.165) is 29.7 Å². The minimum Gasteiger partial charge on any atom is -0.326 e. The predicted octanol–water partition coefficient (Wildman–Crippen LogP) is 4.10. The predicted molar refractivity (Wildman–Crippen MR) is 96.6 cm³/mol. The normalized spacial score (nSPS) is 13.8. The maximum atomic E-state index is 12.7. The third-order valence-electron chi connectivity index (χ3n) is 4.37. The van der Waals surface area contributed by atoms with Gasteiger partial charge in [0.05, 0.1) is 6.42 Å². The highest BCUT2D eigenvalue weighted by atomic mass is 19.4. The summed E-state index contributed by atoms with van der Waals surface area (Å²) in [4.78, 5) is 25.8. The number of aryl methyl sites for hydroxylation is 1. The van der Waals surface area contributed by atoms with Crippen molar-refractivity contribution in [1.82, 2.24) is 0 Å². The molecule has 1 aliphatic rings. The number of benzene rings is 2. The number of amides is 2. The number of nitrogens with zero attached hydrogens (tertiary/aromatic N) is 1. The molecule has 2 aromatic rings. The lowest BCUT2D eigenvalue weighted by molar-refractivity contribution is -0.150. The Kier molecular flexibility index (Phi) is 5.48. The number of rotatable bonds is 4. The number of carbonyl (C=O) groups is 2. The monoisotopic (exact) mass is 376 g/mol. The fraction of sp³-hybridized carbons (Fsp3) is 0.300. The van der Waals surface area contributed by atoms with E-state index in [0.29, 0.717) is 6.54 Å². The van der Waals surface area contributed by atoms with Crippen molar-refractivity contribution in [3.63, 3.8) is 0 Å². The molecule has 1 N–H and O–H groups in total. The van der Waals surface area contributed by atoms with Crippen LogP contribution >= 0.6 is 0 Å². The zero-order chi connectivity index (χ0) is 19.4. The number of para-hydroxylation sites is 1. The highest BCUT2D eigenvalue weighted by Gasteiger charge is 2.31. The molecule has 0 saturated heterocycles. The summed E-state index contributed by atoms with van der Waals surface area (Å²) in [5.74, 6) is -1.15. The van der Waals surface area contributed by atoms with Crippen LogP contribution in [-0.4, -0.2) is 24.5 Å². The van der Waals surface area contributed by atoms with Gasteiger partial charge in [0.25, 0.3) is 0 Å². The van der Waals surface area contributed by atoms with Gasteiger partial charge in [0.2, 0.25) is 11.8 Å². The zero-order valence-electron chi connectivity index (χ0n) is 14.6. The molecule has 7 heteroatoms. The Morgan fingerprint density at radius 1 is 1.04 bits per heavy atom. The lowest BCUT2D eigenvalue weighted by Gasteiger charge is -2.29. The number of hydrogen-bond donors (Lipinski definition) is 1. The second kappa shape index (κ2) is 7.82. The Morgan fingerprint density at radius 3 is 2.44 bits per heavy atom. The fourth-order valence-electron chi connectivity index (χ4n) is 3.16. The molecule has 0 unspecified atom stereocenters. The van der Waals surface area contributed by atoms with Gasteiger partial charge in [-0.05, 0) is 42.2 Å². The lowest BCUT2D eigenvalue weighted by atomic mass is 10.0. The summed E-state index contributed by atoms with van der Waals surface area (Å²) in [5, 5.41) is 2.20. The van der Waals surface area contributed by atoms with Crippen LogP contribution in [0.15, 0.2) is 48.5 Å². The van der Waals surface area contributed by atoms with E-state index >= 15 is 0 Å². The van der Waals surface area contributed by atoms with Gasteiger partial charge in [0.15, 0.2) is 0 Å². The smallest absolute Gasteiger partial charge is 0.326 e. The molecule has 2 amide bonds. The summed E-state index contributed by atoms with van der Waals surface area (Å²) in [6, 6.07) is 14.1. The Morgan fingerprint density at radius 2 is 1.74 bits per heavy atom. The van der Waals surface area contributed by atoms with Crippen molar-refractivity contribution in [1.29, 1.82) is 0 Å². The van der Waals surface area contributed by atoms with E-state index in [1.165, 1.54) is 12.1 Å². The second-order valence-corrected chi connectivity index (χ2v) is 6.49. The molecular weight excluding hydrogens is 357 g/mol. The largest absolute Gasteiger partial charge is 0.397 e. The van der Waals surface area contributed by atoms with Gasteiger partial charge >= 0.3 is 6.18 Å². The van der Waals surface area contributed by atoms with E-state index in [9.17, 15) is 22.8 Å². The van der Waals surface area contributed by atoms with Crippen molar-refractivity contribution < 1.29 is 22.8 Å². The van der Waals surface area contributed by atoms with Gasteiger partial charge in [-0.25, -0.2) is 0 Å². The van der Waals surface area contributed by atoms with E-state index in [2.05, 4.69) is 5.32 Å². The molecule has 4 nitrogen and oxygen atoms in total. The number of hydrogen-bond acceptors (Lipinski definition) is 2. The minimum absolute atomic E-state index is 0.0315. The third kappa shape index (κ3) is 5.09. The maximum absolute atomic E-state index is 12.7. The van der Waals surface area contributed by atoms with Crippen molar-refractivity contribution in [3.8, 4) is 0 Å². The van der Waals surface area contributed by atoms with Crippen LogP contribution in [0.4, 0.5) is 24.5 Å². The summed E-state index contributed by atoms with van der Waals surface area (Å²) in [5.41, 5.74) is 3.09. The fourth-order valence-corrected chi connectivity index (χ4v) is 3.16. The molecule has 3 rings (SSSR count). The second-order valence-electron chi connectivity index (χ2n) is 6.49. The van der Waals surface area contributed by atoms with Crippen LogP contribution in [0, 0.1) is 0 Å². The molecular formula is C20H19F3N2O2. The molecule has 1 aliphatic heterocycles. The summed E-state index contributed by atoms with van der Waals surface area (Å²) >= 11 is 0. The van der Waals surface area contributed by atoms with Gasteiger partial charge in [0, 0.05) is 17.9 Å². The average molecular weight is 376 g/mol. The van der Waals surface area contributed by atoms with Gasteiger partial charge in [-0.1, -0.05) is 30.3 Å². The molecule has 0 aliphatic carbocycles. The van der Waals surface area contributed by atoms with E-state index < -0.39 is 18.5 Å². The third-order valence-corrected chi connectivity index (χ3v) is 4.37. The van der Waals surface area contributed by atoms with Crippen LogP contribution in [0.2, 0.25) is 0 Å². The van der Waals surface area contributed by atoms with Crippen LogP contribution in [0.25, 0.3) is 0 Å². The molecule has 0 aromatic heterocycles. The Balaban J connectivity index is 1.62. The SMILES string of the molecule is O=C(CC(F)(F)F)Nc1ccc(CC(=O)N2CCCc3ccccc32)cc1. The highest BCUT2D eigenvalue weighted by molar-refractivity contribution is 5.96. The van der Waals surface area contributed by atoms with E-state index in [4.69, 9.17) is 0 Å². The van der Waals surface area contributed by atoms with E-state index in [1.54, 1.807) is 17.0 Å². The number of halogens is 3. The van der Waals surface area contributed by atoms with Crippen LogP contribution in [-0.2, 0) is 22.4 Å². The van der Waals surface area contributed by atoms with Crippen LogP contribution in [0.1, 0.15) is 24.0 Å². The number of carbonyl (C=O) groups excluding carboxylic acids is 2. The van der Waals surface area contributed by atoms with Crippen molar-refractivity contribution in [2.24, 2.45) is 0 Å². The quantitative estimate of drug-likeness (QED) is 0.874. The number of anilines is 2. The standard InChI is InChI=1S/C20H19F3N2O2/c21-20(22,23)13-18(26)24-16-9-7-14(8-10-16)12-19(27)25-11-3-5-15-4-1-2-6-17(15)25/h1-2,4,6-10H,3,5,11-13H2,(H,24,26). The van der Waals surface area contributed by atoms with Crippen LogP contribution < -0.4 is 10.2 Å². The minimum atomic E-state index is -4.54. The first-order valence-electron chi connectivity index (χ1n) is 8.66. The summed E-state index contributed by atoms with van der Waals surface area (Å²) in [6.45, 7) is 0.668. The molecule has 0 atom stereocenters. The van der Waals surface area contributed by atoms with Crippen molar-refractivity contribution in [2.75, 3.05) is 16.8 Å². The average Bonchev–Trinajstić information content (AvgIpc) is 2.61. The van der Waals surface area contributed by atoms with Gasteiger partial charge in [-0.2, -0.15) is 13.2 Å². The summed E-state index contributed by atoms with van der Waals surface area (Å²) in [7, 11) is 0. The Bertz CT molecular complexity index is 832. The summed E-state index contributed by atoms with van der Waals surface area (Å²) < 4.78 is 36.6. The van der Waals surface area contributed by atoms with Gasteiger partial charge in [-0.15, -0.1) is 0 Å². The van der Waals surface area contributed by atoms with Crippen LogP contribution in [0.3, 0.4) is 0 Å². The molecule has 2 aromatic carbocycles. The van der Waals surface area contributed by atoms with E-state index in [1.807, 2.05) is 24.3 Å². The summed E-state index contributed by atoms with van der Waals surface area (Å²) in [6.07, 6.45) is -4.02. The molecule has 0 spiro atoms. The van der Waals surface area contributed by atoms with Crippen LogP contribution in [0.5, 0.6) is 0 Å². The molecule has 1 heterocycles. The molecule has 142 valence electrons. The first-order valence-corrected chi connectivity index (χ1v) is 8.66. The van der Waals surface area contributed by atoms with Crippen molar-refractivity contribution >= 4 is 23.2 Å². The number of nitrogens with one attached hydrogen (secondary N) is 1. The maximum Gasteiger partial charge on any atom is 0.397 e. The van der Waals surface area contributed by atoms with Crippen molar-refractivity contribution in [3.05, 3.63) is 59.7 Å². The Hall–Kier alpha value is -2.83. The first kappa shape index (κ1) is 18.9. The topological polar surface area (TPSA) is 49.4 Å². The van der Waals surface area contributed by atoms with Gasteiger partial charge in [-0.3, -0.25) is 9.59 Å². The molecule has 0 fully saturated rings. The Labute approximate surface area is 155 Å². The molecule has 0 saturated carbocycles. The zero-order valence-corrected chi connectivity index (χ0v) is 14.6. The van der Waals surface area contributed by atoms with Gasteiger partial charge < -0.3 is 10.2 Å². The lowest BCUT2D eigenvalue weighted by Crippen LogP contribution is -2.36.